The highest BCUT2D eigenvalue weighted by Gasteiger charge is 2.28. The molecule has 0 aromatic carbocycles. The molecule has 1 saturated heterocycles. The number of ether oxygens (including phenoxy) is 1. The highest BCUT2D eigenvalue weighted by molar-refractivity contribution is 5.78. The molecule has 1 unspecified atom stereocenters. The van der Waals surface area contributed by atoms with E-state index >= 15 is 0 Å². The van der Waals surface area contributed by atoms with Crippen LogP contribution in [0, 0.1) is 0 Å². The molecule has 4 N–H and O–H groups in total. The topological polar surface area (TPSA) is 177 Å². The Morgan fingerprint density at radius 3 is 1.85 bits per heavy atom. The lowest BCUT2D eigenvalue weighted by molar-refractivity contribution is -0.144. The molecule has 0 radical (unpaired) electrons. The van der Waals surface area contributed by atoms with Gasteiger partial charge in [0.05, 0.1) is 19.7 Å². The van der Waals surface area contributed by atoms with Crippen molar-refractivity contribution in [3.63, 3.8) is 0 Å². The first-order chi connectivity index (χ1) is 15.6. The summed E-state index contributed by atoms with van der Waals surface area (Å²) in [7, 11) is 0. The molecule has 0 aromatic rings. The van der Waals surface area contributed by atoms with Crippen LogP contribution in [0.2, 0.25) is 0 Å². The highest BCUT2D eigenvalue weighted by Crippen LogP contribution is 2.11. The summed E-state index contributed by atoms with van der Waals surface area (Å²) in [5.41, 5.74) is 0. The largest absolute Gasteiger partial charge is 0.480 e. The number of carboxylic acid groups (broad SMARTS) is 3. The molecule has 13 nitrogen and oxygen atoms in total. The van der Waals surface area contributed by atoms with Crippen molar-refractivity contribution in [2.24, 2.45) is 0 Å². The predicted octanol–water partition coefficient (Wildman–Crippen LogP) is -1.97. The zero-order valence-corrected chi connectivity index (χ0v) is 18.9. The van der Waals surface area contributed by atoms with Gasteiger partial charge in [0.2, 0.25) is 5.91 Å². The minimum Gasteiger partial charge on any atom is -0.480 e. The molecule has 1 aliphatic rings. The van der Waals surface area contributed by atoms with Crippen molar-refractivity contribution in [1.29, 1.82) is 0 Å². The van der Waals surface area contributed by atoms with Crippen LogP contribution in [-0.2, 0) is 28.7 Å². The van der Waals surface area contributed by atoms with Gasteiger partial charge in [-0.1, -0.05) is 0 Å². The standard InChI is InChI=1S/C20H34N4O9/c1-15(25)14-33-11-4-21-17(26)3-2-16(20(31)32)24-9-7-22(12-18(27)28)5-6-23(8-10-24)13-19(29)30/h16H,2-14H2,1H3,(H,21,26)(H,27,28)(H,29,30)(H,31,32). The monoisotopic (exact) mass is 474 g/mol. The summed E-state index contributed by atoms with van der Waals surface area (Å²) in [4.78, 5) is 62.1. The lowest BCUT2D eigenvalue weighted by Crippen LogP contribution is -2.47. The van der Waals surface area contributed by atoms with Crippen molar-refractivity contribution in [2.45, 2.75) is 25.8 Å². The number of Topliss-reactive ketones (excluding diaryl/α,β-unsaturated/α-hetero) is 1. The van der Waals surface area contributed by atoms with E-state index in [1.807, 2.05) is 0 Å². The van der Waals surface area contributed by atoms with Crippen LogP contribution in [-0.4, -0.2) is 138 Å². The summed E-state index contributed by atoms with van der Waals surface area (Å²) in [5.74, 6) is -3.63. The summed E-state index contributed by atoms with van der Waals surface area (Å²) < 4.78 is 5.06. The molecule has 0 bridgehead atoms. The second-order valence-corrected chi connectivity index (χ2v) is 7.87. The van der Waals surface area contributed by atoms with Gasteiger partial charge in [0.15, 0.2) is 5.78 Å². The van der Waals surface area contributed by atoms with Gasteiger partial charge in [0.1, 0.15) is 12.6 Å². The maximum absolute atomic E-state index is 12.1. The van der Waals surface area contributed by atoms with E-state index in [2.05, 4.69) is 5.32 Å². The van der Waals surface area contributed by atoms with Crippen LogP contribution in [0.5, 0.6) is 0 Å². The van der Waals surface area contributed by atoms with Gasteiger partial charge in [0, 0.05) is 52.2 Å². The molecule has 1 aliphatic heterocycles. The first-order valence-electron chi connectivity index (χ1n) is 10.8. The fraction of sp³-hybridized carbons (Fsp3) is 0.750. The van der Waals surface area contributed by atoms with Crippen LogP contribution in [0.3, 0.4) is 0 Å². The van der Waals surface area contributed by atoms with Crippen LogP contribution < -0.4 is 5.32 Å². The van der Waals surface area contributed by atoms with E-state index in [9.17, 15) is 29.1 Å². The Morgan fingerprint density at radius 1 is 0.879 bits per heavy atom. The molecule has 188 valence electrons. The van der Waals surface area contributed by atoms with Gasteiger partial charge >= 0.3 is 17.9 Å². The van der Waals surface area contributed by atoms with Crippen molar-refractivity contribution in [3.8, 4) is 0 Å². The minimum absolute atomic E-state index is 0.0351. The molecule has 1 amide bonds. The van der Waals surface area contributed by atoms with Crippen LogP contribution in [0.4, 0.5) is 0 Å². The maximum atomic E-state index is 12.1. The number of hydrogen-bond donors (Lipinski definition) is 4. The Balaban J connectivity index is 2.71. The third-order valence-electron chi connectivity index (χ3n) is 5.10. The number of ketones is 1. The number of rotatable bonds is 14. The zero-order chi connectivity index (χ0) is 24.8. The molecule has 1 rings (SSSR count). The summed E-state index contributed by atoms with van der Waals surface area (Å²) in [6.07, 6.45) is -0.00874. The molecule has 33 heavy (non-hydrogen) atoms. The van der Waals surface area contributed by atoms with E-state index in [0.29, 0.717) is 26.2 Å². The number of nitrogens with zero attached hydrogens (tertiary/aromatic N) is 3. The summed E-state index contributed by atoms with van der Waals surface area (Å²) in [5, 5.41) is 30.6. The van der Waals surface area contributed by atoms with Gasteiger partial charge in [-0.05, 0) is 13.3 Å². The van der Waals surface area contributed by atoms with E-state index in [1.54, 1.807) is 14.7 Å². The number of carboxylic acids is 3. The predicted molar refractivity (Wildman–Crippen MR) is 115 cm³/mol. The Hall–Kier alpha value is -2.61. The molecule has 13 heteroatoms. The smallest absolute Gasteiger partial charge is 0.320 e. The summed E-state index contributed by atoms with van der Waals surface area (Å²) in [6, 6.07) is -0.985. The number of amides is 1. The lowest BCUT2D eigenvalue weighted by Gasteiger charge is -2.30. The number of aliphatic carboxylic acids is 3. The number of carbonyl (C=O) groups excluding carboxylic acids is 2. The average Bonchev–Trinajstić information content (AvgIpc) is 2.79. The fourth-order valence-electron chi connectivity index (χ4n) is 3.47. The average molecular weight is 475 g/mol. The lowest BCUT2D eigenvalue weighted by atomic mass is 10.1. The Bertz CT molecular complexity index is 660. The second kappa shape index (κ2) is 15.3. The van der Waals surface area contributed by atoms with E-state index in [-0.39, 0.29) is 70.5 Å². The fourth-order valence-corrected chi connectivity index (χ4v) is 3.47. The summed E-state index contributed by atoms with van der Waals surface area (Å²) >= 11 is 0. The van der Waals surface area contributed by atoms with Gasteiger partial charge in [-0.3, -0.25) is 38.7 Å². The zero-order valence-electron chi connectivity index (χ0n) is 18.9. The van der Waals surface area contributed by atoms with Gasteiger partial charge in [0.25, 0.3) is 0 Å². The summed E-state index contributed by atoms with van der Waals surface area (Å²) in [6.45, 7) is 3.08. The van der Waals surface area contributed by atoms with E-state index in [1.165, 1.54) is 6.92 Å². The SMILES string of the molecule is CC(=O)COCCNC(=O)CCC(C(=O)O)N1CCN(CC(=O)O)CCN(CC(=O)O)CC1. The Kier molecular flexibility index (Phi) is 13.1. The van der Waals surface area contributed by atoms with Crippen molar-refractivity contribution in [3.05, 3.63) is 0 Å². The van der Waals surface area contributed by atoms with Crippen LogP contribution in [0.1, 0.15) is 19.8 Å². The molecule has 1 atom stereocenters. The van der Waals surface area contributed by atoms with Gasteiger partial charge in [-0.2, -0.15) is 0 Å². The molecular weight excluding hydrogens is 440 g/mol. The minimum atomic E-state index is -1.11. The highest BCUT2D eigenvalue weighted by atomic mass is 16.5. The van der Waals surface area contributed by atoms with Crippen LogP contribution >= 0.6 is 0 Å². The molecule has 0 aromatic heterocycles. The van der Waals surface area contributed by atoms with Gasteiger partial charge in [-0.25, -0.2) is 0 Å². The van der Waals surface area contributed by atoms with Crippen LogP contribution in [0.25, 0.3) is 0 Å². The second-order valence-electron chi connectivity index (χ2n) is 7.87. The molecular formula is C20H34N4O9. The van der Waals surface area contributed by atoms with Crippen molar-refractivity contribution >= 4 is 29.6 Å². The van der Waals surface area contributed by atoms with Gasteiger partial charge in [-0.15, -0.1) is 0 Å². The van der Waals surface area contributed by atoms with Crippen molar-refractivity contribution in [2.75, 3.05) is 72.1 Å². The number of nitrogens with one attached hydrogen (secondary N) is 1. The van der Waals surface area contributed by atoms with E-state index in [0.717, 1.165) is 0 Å². The Labute approximate surface area is 192 Å². The molecule has 0 saturated carbocycles. The van der Waals surface area contributed by atoms with Crippen molar-refractivity contribution in [1.82, 2.24) is 20.0 Å². The molecule has 0 aliphatic carbocycles. The number of hydrogen-bond acceptors (Lipinski definition) is 9. The van der Waals surface area contributed by atoms with E-state index in [4.69, 9.17) is 14.9 Å². The number of carbonyl (C=O) groups is 5. The van der Waals surface area contributed by atoms with Crippen LogP contribution in [0.15, 0.2) is 0 Å². The third kappa shape index (κ3) is 12.9. The van der Waals surface area contributed by atoms with Crippen molar-refractivity contribution < 1.29 is 44.0 Å². The molecule has 1 heterocycles. The maximum Gasteiger partial charge on any atom is 0.320 e. The van der Waals surface area contributed by atoms with E-state index < -0.39 is 23.9 Å². The third-order valence-corrected chi connectivity index (χ3v) is 5.10. The normalized spacial score (nSPS) is 17.4. The van der Waals surface area contributed by atoms with Gasteiger partial charge < -0.3 is 25.4 Å². The Morgan fingerprint density at radius 2 is 1.39 bits per heavy atom. The first-order valence-corrected chi connectivity index (χ1v) is 10.8. The first kappa shape index (κ1) is 28.4. The molecule has 1 fully saturated rings. The quantitative estimate of drug-likeness (QED) is 0.205. The molecule has 0 spiro atoms.